The molecule has 0 aliphatic heterocycles. The third kappa shape index (κ3) is 4.13. The van der Waals surface area contributed by atoms with Gasteiger partial charge in [-0.05, 0) is 23.8 Å². The Kier molecular flexibility index (Phi) is 4.16. The van der Waals surface area contributed by atoms with Gasteiger partial charge in [-0.15, -0.1) is 0 Å². The molecule has 0 saturated carbocycles. The van der Waals surface area contributed by atoms with Gasteiger partial charge in [0.15, 0.2) is 0 Å². The van der Waals surface area contributed by atoms with Gasteiger partial charge in [0.25, 0.3) is 0 Å². The van der Waals surface area contributed by atoms with E-state index in [9.17, 15) is 9.90 Å². The Morgan fingerprint density at radius 3 is 2.47 bits per heavy atom. The summed E-state index contributed by atoms with van der Waals surface area (Å²) < 4.78 is 5.00. The molecular weight excluding hydrogens is 192 g/mol. The summed E-state index contributed by atoms with van der Waals surface area (Å²) in [5.74, 6) is -0.410. The number of aliphatic carboxylic acids is 1. The van der Waals surface area contributed by atoms with Crippen LogP contribution in [0.15, 0.2) is 42.5 Å². The maximum absolute atomic E-state index is 10.0. The van der Waals surface area contributed by atoms with E-state index < -0.39 is 5.97 Å². The number of methoxy groups -OCH3 is 1. The summed E-state index contributed by atoms with van der Waals surface area (Å²) in [5, 5.41) is 10.0. The Hall–Kier alpha value is -2.03. The SMILES string of the molecule is COc1ccc(/C=C/C=C/C(=O)[O-])cc1. The summed E-state index contributed by atoms with van der Waals surface area (Å²) in [6.07, 6.45) is 5.82. The first kappa shape index (κ1) is 11.0. The molecule has 0 heterocycles. The van der Waals surface area contributed by atoms with Crippen molar-refractivity contribution < 1.29 is 14.6 Å². The number of rotatable bonds is 4. The van der Waals surface area contributed by atoms with Crippen LogP contribution in [0.2, 0.25) is 0 Å². The first-order chi connectivity index (χ1) is 7.22. The van der Waals surface area contributed by atoms with E-state index in [-0.39, 0.29) is 0 Å². The molecule has 0 saturated heterocycles. The van der Waals surface area contributed by atoms with Crippen LogP contribution in [0.25, 0.3) is 6.08 Å². The molecule has 0 aliphatic carbocycles. The maximum atomic E-state index is 10.0. The van der Waals surface area contributed by atoms with Crippen LogP contribution in [0.4, 0.5) is 0 Å². The number of carboxylic acid groups (broad SMARTS) is 1. The van der Waals surface area contributed by atoms with Gasteiger partial charge in [-0.3, -0.25) is 0 Å². The molecule has 0 aliphatic rings. The number of hydrogen-bond donors (Lipinski definition) is 0. The van der Waals surface area contributed by atoms with Gasteiger partial charge in [0.2, 0.25) is 0 Å². The molecule has 1 rings (SSSR count). The molecular formula is C12H11O3-. The zero-order valence-corrected chi connectivity index (χ0v) is 8.34. The van der Waals surface area contributed by atoms with Gasteiger partial charge >= 0.3 is 0 Å². The van der Waals surface area contributed by atoms with Crippen molar-refractivity contribution in [3.05, 3.63) is 48.1 Å². The summed E-state index contributed by atoms with van der Waals surface area (Å²) in [5.41, 5.74) is 0.971. The van der Waals surface area contributed by atoms with Crippen molar-refractivity contribution in [2.45, 2.75) is 0 Å². The topological polar surface area (TPSA) is 49.4 Å². The normalized spacial score (nSPS) is 11.0. The first-order valence-corrected chi connectivity index (χ1v) is 4.42. The van der Waals surface area contributed by atoms with E-state index in [1.54, 1.807) is 19.3 Å². The predicted octanol–water partition coefficient (Wildman–Crippen LogP) is 1.01. The van der Waals surface area contributed by atoms with Gasteiger partial charge < -0.3 is 14.6 Å². The van der Waals surface area contributed by atoms with Gasteiger partial charge in [0.05, 0.1) is 13.1 Å². The Labute approximate surface area is 88.3 Å². The summed E-state index contributed by atoms with van der Waals surface area (Å²) in [6.45, 7) is 0. The Balaban J connectivity index is 2.61. The van der Waals surface area contributed by atoms with Crippen LogP contribution in [0, 0.1) is 0 Å². The minimum atomic E-state index is -1.20. The van der Waals surface area contributed by atoms with Crippen molar-refractivity contribution in [3.8, 4) is 5.75 Å². The Bertz CT molecular complexity index is 374. The van der Waals surface area contributed by atoms with Gasteiger partial charge in [-0.25, -0.2) is 0 Å². The van der Waals surface area contributed by atoms with E-state index in [0.29, 0.717) is 0 Å². The average Bonchev–Trinajstić information content (AvgIpc) is 2.25. The minimum Gasteiger partial charge on any atom is -0.545 e. The molecule has 15 heavy (non-hydrogen) atoms. The summed E-state index contributed by atoms with van der Waals surface area (Å²) in [6, 6.07) is 7.43. The number of benzene rings is 1. The van der Waals surface area contributed by atoms with E-state index in [4.69, 9.17) is 4.74 Å². The summed E-state index contributed by atoms with van der Waals surface area (Å²) in [4.78, 5) is 10.0. The molecule has 3 nitrogen and oxygen atoms in total. The predicted molar refractivity (Wildman–Crippen MR) is 56.2 cm³/mol. The second-order valence-electron chi connectivity index (χ2n) is 2.81. The average molecular weight is 203 g/mol. The molecule has 78 valence electrons. The van der Waals surface area contributed by atoms with Crippen molar-refractivity contribution in [2.75, 3.05) is 7.11 Å². The molecule has 0 atom stereocenters. The highest BCUT2D eigenvalue weighted by atomic mass is 16.5. The van der Waals surface area contributed by atoms with Crippen LogP contribution in [0.3, 0.4) is 0 Å². The van der Waals surface area contributed by atoms with E-state index in [1.807, 2.05) is 24.3 Å². The van der Waals surface area contributed by atoms with Crippen molar-refractivity contribution in [1.82, 2.24) is 0 Å². The van der Waals surface area contributed by atoms with Crippen LogP contribution in [0.5, 0.6) is 5.75 Å². The summed E-state index contributed by atoms with van der Waals surface area (Å²) >= 11 is 0. The lowest BCUT2D eigenvalue weighted by atomic mass is 10.2. The molecule has 0 aromatic heterocycles. The lowest BCUT2D eigenvalue weighted by Gasteiger charge is -1.98. The van der Waals surface area contributed by atoms with Crippen LogP contribution in [0.1, 0.15) is 5.56 Å². The van der Waals surface area contributed by atoms with E-state index in [0.717, 1.165) is 17.4 Å². The fourth-order valence-corrected chi connectivity index (χ4v) is 1.02. The number of ether oxygens (including phenoxy) is 1. The lowest BCUT2D eigenvalue weighted by Crippen LogP contribution is -2.18. The molecule has 0 N–H and O–H groups in total. The fraction of sp³-hybridized carbons (Fsp3) is 0.0833. The zero-order valence-electron chi connectivity index (χ0n) is 8.34. The molecule has 0 unspecified atom stereocenters. The van der Waals surface area contributed by atoms with E-state index >= 15 is 0 Å². The fourth-order valence-electron chi connectivity index (χ4n) is 1.02. The van der Waals surface area contributed by atoms with Crippen LogP contribution in [-0.2, 0) is 4.79 Å². The van der Waals surface area contributed by atoms with Crippen LogP contribution >= 0.6 is 0 Å². The largest absolute Gasteiger partial charge is 0.545 e. The number of allylic oxidation sites excluding steroid dienone is 2. The third-order valence-corrected chi connectivity index (χ3v) is 1.75. The monoisotopic (exact) mass is 203 g/mol. The van der Waals surface area contributed by atoms with Crippen molar-refractivity contribution >= 4 is 12.0 Å². The zero-order chi connectivity index (χ0) is 11.1. The molecule has 0 spiro atoms. The number of hydrogen-bond acceptors (Lipinski definition) is 3. The van der Waals surface area contributed by atoms with Gasteiger partial charge in [-0.1, -0.05) is 30.4 Å². The Morgan fingerprint density at radius 2 is 1.93 bits per heavy atom. The van der Waals surface area contributed by atoms with Crippen LogP contribution in [-0.4, -0.2) is 13.1 Å². The molecule has 0 fully saturated rings. The number of carboxylic acids is 1. The van der Waals surface area contributed by atoms with Crippen LogP contribution < -0.4 is 9.84 Å². The molecule has 1 aromatic carbocycles. The molecule has 0 radical (unpaired) electrons. The second-order valence-corrected chi connectivity index (χ2v) is 2.81. The highest BCUT2D eigenvalue weighted by Gasteiger charge is 1.88. The molecule has 0 bridgehead atoms. The third-order valence-electron chi connectivity index (χ3n) is 1.75. The minimum absolute atomic E-state index is 0.789. The Morgan fingerprint density at radius 1 is 1.27 bits per heavy atom. The highest BCUT2D eigenvalue weighted by molar-refractivity contribution is 5.78. The van der Waals surface area contributed by atoms with E-state index in [2.05, 4.69) is 0 Å². The van der Waals surface area contributed by atoms with Crippen molar-refractivity contribution in [1.29, 1.82) is 0 Å². The second kappa shape index (κ2) is 5.65. The highest BCUT2D eigenvalue weighted by Crippen LogP contribution is 2.12. The number of carbonyl (C=O) groups is 1. The van der Waals surface area contributed by atoms with Gasteiger partial charge in [-0.2, -0.15) is 0 Å². The maximum Gasteiger partial charge on any atom is 0.118 e. The first-order valence-electron chi connectivity index (χ1n) is 4.42. The quantitative estimate of drug-likeness (QED) is 0.542. The molecule has 3 heteroatoms. The molecule has 0 amide bonds. The molecule has 1 aromatic rings. The lowest BCUT2D eigenvalue weighted by molar-refractivity contribution is -0.297. The smallest absolute Gasteiger partial charge is 0.118 e. The van der Waals surface area contributed by atoms with Crippen molar-refractivity contribution in [2.24, 2.45) is 0 Å². The van der Waals surface area contributed by atoms with E-state index in [1.165, 1.54) is 6.08 Å². The number of carbonyl (C=O) groups excluding carboxylic acids is 1. The van der Waals surface area contributed by atoms with Gasteiger partial charge in [0.1, 0.15) is 5.75 Å². The van der Waals surface area contributed by atoms with Crippen molar-refractivity contribution in [3.63, 3.8) is 0 Å². The summed E-state index contributed by atoms with van der Waals surface area (Å²) in [7, 11) is 1.60. The standard InChI is InChI=1S/C12H12O3/c1-15-11-8-6-10(7-9-11)4-2-3-5-12(13)14/h2-9H,1H3,(H,13,14)/p-1/b4-2+,5-3+. The van der Waals surface area contributed by atoms with Gasteiger partial charge in [0, 0.05) is 0 Å².